The van der Waals surface area contributed by atoms with Crippen molar-refractivity contribution in [2.45, 2.75) is 52.9 Å². The van der Waals surface area contributed by atoms with Gasteiger partial charge in [-0.25, -0.2) is 0 Å². The Kier molecular flexibility index (Phi) is 2.63. The summed E-state index contributed by atoms with van der Waals surface area (Å²) < 4.78 is 0. The van der Waals surface area contributed by atoms with Gasteiger partial charge >= 0.3 is 0 Å². The van der Waals surface area contributed by atoms with Crippen LogP contribution in [0.15, 0.2) is 0 Å². The van der Waals surface area contributed by atoms with E-state index in [0.717, 1.165) is 5.41 Å². The first-order chi connectivity index (χ1) is 6.49. The summed E-state index contributed by atoms with van der Waals surface area (Å²) in [7, 11) is 0. The van der Waals surface area contributed by atoms with E-state index < -0.39 is 0 Å². The van der Waals surface area contributed by atoms with Crippen molar-refractivity contribution in [3.8, 4) is 0 Å². The molecule has 1 heterocycles. The topological polar surface area (TPSA) is 3.24 Å². The van der Waals surface area contributed by atoms with Crippen LogP contribution in [0.4, 0.5) is 0 Å². The van der Waals surface area contributed by atoms with E-state index in [4.69, 9.17) is 0 Å². The van der Waals surface area contributed by atoms with E-state index in [-0.39, 0.29) is 0 Å². The third kappa shape index (κ3) is 2.73. The van der Waals surface area contributed by atoms with Crippen LogP contribution < -0.4 is 0 Å². The summed E-state index contributed by atoms with van der Waals surface area (Å²) in [6, 6.07) is 0. The third-order valence-electron chi connectivity index (χ3n) is 4.05. The second-order valence-electron chi connectivity index (χ2n) is 6.65. The predicted octanol–water partition coefficient (Wildman–Crippen LogP) is 3.30. The van der Waals surface area contributed by atoms with E-state index in [9.17, 15) is 0 Å². The molecule has 2 rings (SSSR count). The largest absolute Gasteiger partial charge is 0.303 e. The molecule has 82 valence electrons. The second kappa shape index (κ2) is 3.52. The highest BCUT2D eigenvalue weighted by molar-refractivity contribution is 4.96. The first-order valence-corrected chi connectivity index (χ1v) is 6.22. The van der Waals surface area contributed by atoms with Gasteiger partial charge in [0.15, 0.2) is 0 Å². The van der Waals surface area contributed by atoms with Gasteiger partial charge in [-0.2, -0.15) is 0 Å². The van der Waals surface area contributed by atoms with Gasteiger partial charge in [0.05, 0.1) is 0 Å². The summed E-state index contributed by atoms with van der Waals surface area (Å²) >= 11 is 0. The van der Waals surface area contributed by atoms with Crippen LogP contribution in [0.5, 0.6) is 0 Å². The van der Waals surface area contributed by atoms with Gasteiger partial charge in [0.2, 0.25) is 0 Å². The monoisotopic (exact) mass is 195 g/mol. The highest BCUT2D eigenvalue weighted by Crippen LogP contribution is 2.53. The van der Waals surface area contributed by atoms with Crippen LogP contribution >= 0.6 is 0 Å². The zero-order chi connectivity index (χ0) is 10.2. The Labute approximate surface area is 88.9 Å². The van der Waals surface area contributed by atoms with Crippen LogP contribution in [0.25, 0.3) is 0 Å². The molecule has 0 aromatic heterocycles. The molecule has 0 aromatic rings. The summed E-state index contributed by atoms with van der Waals surface area (Å²) in [6.45, 7) is 11.1. The van der Waals surface area contributed by atoms with Crippen molar-refractivity contribution in [3.63, 3.8) is 0 Å². The molecule has 0 amide bonds. The van der Waals surface area contributed by atoms with Gasteiger partial charge in [0.1, 0.15) is 0 Å². The average Bonchev–Trinajstić information content (AvgIpc) is 2.83. The molecule has 0 aromatic carbocycles. The summed E-state index contributed by atoms with van der Waals surface area (Å²) in [5.74, 6) is 0. The lowest BCUT2D eigenvalue weighted by molar-refractivity contribution is 0.154. The Hall–Kier alpha value is -0.0400. The van der Waals surface area contributed by atoms with Crippen LogP contribution in [0.1, 0.15) is 52.9 Å². The van der Waals surface area contributed by atoms with E-state index in [0.29, 0.717) is 5.41 Å². The highest BCUT2D eigenvalue weighted by atomic mass is 15.1. The zero-order valence-electron chi connectivity index (χ0n) is 10.1. The zero-order valence-corrected chi connectivity index (χ0v) is 10.1. The van der Waals surface area contributed by atoms with Crippen LogP contribution in [0.2, 0.25) is 0 Å². The Morgan fingerprint density at radius 3 is 2.00 bits per heavy atom. The van der Waals surface area contributed by atoms with E-state index in [1.807, 2.05) is 0 Å². The number of hydrogen-bond acceptors (Lipinski definition) is 1. The molecule has 1 aliphatic carbocycles. The lowest BCUT2D eigenvalue weighted by Gasteiger charge is -2.33. The normalized spacial score (nSPS) is 26.8. The molecular weight excluding hydrogens is 170 g/mol. The fourth-order valence-corrected chi connectivity index (χ4v) is 2.42. The van der Waals surface area contributed by atoms with Crippen LogP contribution in [-0.2, 0) is 0 Å². The maximum absolute atomic E-state index is 2.68. The molecule has 0 atom stereocenters. The predicted molar refractivity (Wildman–Crippen MR) is 61.4 cm³/mol. The van der Waals surface area contributed by atoms with Crippen molar-refractivity contribution >= 4 is 0 Å². The fraction of sp³-hybridized carbons (Fsp3) is 1.00. The van der Waals surface area contributed by atoms with E-state index in [1.165, 1.54) is 51.7 Å². The minimum Gasteiger partial charge on any atom is -0.303 e. The fourth-order valence-electron chi connectivity index (χ4n) is 2.42. The standard InChI is InChI=1S/C13H25N/c1-12(2,3)6-9-14-10-7-13(4-5-13)8-11-14/h4-11H2,1-3H3. The summed E-state index contributed by atoms with van der Waals surface area (Å²) in [5.41, 5.74) is 1.35. The quantitative estimate of drug-likeness (QED) is 0.653. The molecule has 14 heavy (non-hydrogen) atoms. The lowest BCUT2D eigenvalue weighted by Crippen LogP contribution is -2.36. The number of likely N-dealkylation sites (tertiary alicyclic amines) is 1. The first-order valence-electron chi connectivity index (χ1n) is 6.22. The Morgan fingerprint density at radius 1 is 1.00 bits per heavy atom. The molecule has 0 bridgehead atoms. The Bertz CT molecular complexity index is 188. The minimum absolute atomic E-state index is 0.509. The Balaban J connectivity index is 1.68. The molecule has 1 saturated heterocycles. The van der Waals surface area contributed by atoms with Crippen molar-refractivity contribution in [1.29, 1.82) is 0 Å². The molecule has 2 fully saturated rings. The maximum atomic E-state index is 2.68. The van der Waals surface area contributed by atoms with Crippen molar-refractivity contribution in [2.24, 2.45) is 10.8 Å². The molecule has 0 unspecified atom stereocenters. The molecule has 1 saturated carbocycles. The molecule has 1 heteroatoms. The van der Waals surface area contributed by atoms with Crippen LogP contribution in [0, 0.1) is 10.8 Å². The Morgan fingerprint density at radius 2 is 1.57 bits per heavy atom. The summed E-state index contributed by atoms with van der Waals surface area (Å²) in [6.07, 6.45) is 7.37. The van der Waals surface area contributed by atoms with E-state index in [2.05, 4.69) is 25.7 Å². The highest BCUT2D eigenvalue weighted by Gasteiger charge is 2.44. The number of rotatable bonds is 2. The molecule has 0 radical (unpaired) electrons. The third-order valence-corrected chi connectivity index (χ3v) is 4.05. The van der Waals surface area contributed by atoms with Gasteiger partial charge in [0, 0.05) is 0 Å². The minimum atomic E-state index is 0.509. The van der Waals surface area contributed by atoms with Crippen molar-refractivity contribution in [3.05, 3.63) is 0 Å². The van der Waals surface area contributed by atoms with Crippen LogP contribution in [-0.4, -0.2) is 24.5 Å². The average molecular weight is 195 g/mol. The van der Waals surface area contributed by atoms with Gasteiger partial charge in [-0.3, -0.25) is 0 Å². The van der Waals surface area contributed by atoms with E-state index >= 15 is 0 Å². The molecular formula is C13H25N. The number of nitrogens with zero attached hydrogens (tertiary/aromatic N) is 1. The number of hydrogen-bond donors (Lipinski definition) is 0. The van der Waals surface area contributed by atoms with Crippen molar-refractivity contribution in [1.82, 2.24) is 4.90 Å². The van der Waals surface area contributed by atoms with Gasteiger partial charge in [-0.15, -0.1) is 0 Å². The van der Waals surface area contributed by atoms with Gasteiger partial charge in [-0.05, 0) is 62.6 Å². The van der Waals surface area contributed by atoms with Crippen molar-refractivity contribution in [2.75, 3.05) is 19.6 Å². The number of piperidine rings is 1. The lowest BCUT2D eigenvalue weighted by atomic mass is 9.90. The summed E-state index contributed by atoms with van der Waals surface area (Å²) in [5, 5.41) is 0. The molecule has 1 spiro atoms. The van der Waals surface area contributed by atoms with Crippen molar-refractivity contribution < 1.29 is 0 Å². The van der Waals surface area contributed by atoms with Gasteiger partial charge < -0.3 is 4.90 Å². The smallest absolute Gasteiger partial charge is 0.00134 e. The van der Waals surface area contributed by atoms with Gasteiger partial charge in [0.25, 0.3) is 0 Å². The first kappa shape index (κ1) is 10.5. The second-order valence-corrected chi connectivity index (χ2v) is 6.65. The van der Waals surface area contributed by atoms with Crippen LogP contribution in [0.3, 0.4) is 0 Å². The molecule has 2 aliphatic rings. The van der Waals surface area contributed by atoms with E-state index in [1.54, 1.807) is 0 Å². The molecule has 1 nitrogen and oxygen atoms in total. The molecule has 0 N–H and O–H groups in total. The van der Waals surface area contributed by atoms with Gasteiger partial charge in [-0.1, -0.05) is 20.8 Å². The summed E-state index contributed by atoms with van der Waals surface area (Å²) in [4.78, 5) is 2.68. The maximum Gasteiger partial charge on any atom is -0.00134 e. The SMILES string of the molecule is CC(C)(C)CCN1CCC2(CC1)CC2. The molecule has 1 aliphatic heterocycles.